The lowest BCUT2D eigenvalue weighted by molar-refractivity contribution is 0.0570. The summed E-state index contributed by atoms with van der Waals surface area (Å²) in [5.74, 6) is 0.337. The zero-order valence-electron chi connectivity index (χ0n) is 12.5. The SMILES string of the molecule is CC(C)CC(O)(c1cccnc1)c1nc2ccc(Br)cc2s1. The molecule has 3 rings (SSSR count). The van der Waals surface area contributed by atoms with Crippen LogP contribution in [0.25, 0.3) is 10.2 Å². The van der Waals surface area contributed by atoms with Gasteiger partial charge in [-0.15, -0.1) is 11.3 Å². The van der Waals surface area contributed by atoms with Crippen molar-refractivity contribution >= 4 is 37.5 Å². The minimum atomic E-state index is -1.10. The Labute approximate surface area is 142 Å². The Kier molecular flexibility index (Phi) is 4.30. The van der Waals surface area contributed by atoms with Crippen LogP contribution < -0.4 is 0 Å². The second-order valence-electron chi connectivity index (χ2n) is 5.83. The molecule has 0 aliphatic heterocycles. The summed E-state index contributed by atoms with van der Waals surface area (Å²) in [5, 5.41) is 12.1. The number of halogens is 1. The van der Waals surface area contributed by atoms with Gasteiger partial charge in [0.25, 0.3) is 0 Å². The van der Waals surface area contributed by atoms with E-state index < -0.39 is 5.60 Å². The topological polar surface area (TPSA) is 46.0 Å². The Balaban J connectivity index is 2.15. The van der Waals surface area contributed by atoms with Gasteiger partial charge in [0.1, 0.15) is 10.6 Å². The maximum absolute atomic E-state index is 11.4. The van der Waals surface area contributed by atoms with E-state index in [0.717, 1.165) is 25.3 Å². The zero-order chi connectivity index (χ0) is 15.7. The first-order valence-electron chi connectivity index (χ1n) is 7.18. The molecule has 5 heteroatoms. The van der Waals surface area contributed by atoms with Crippen LogP contribution in [0.5, 0.6) is 0 Å². The molecule has 0 radical (unpaired) electrons. The Morgan fingerprint density at radius 1 is 1.32 bits per heavy atom. The lowest BCUT2D eigenvalue weighted by Gasteiger charge is -2.28. The number of hydrogen-bond donors (Lipinski definition) is 1. The van der Waals surface area contributed by atoms with Crippen molar-refractivity contribution in [3.05, 3.63) is 57.8 Å². The smallest absolute Gasteiger partial charge is 0.143 e. The first kappa shape index (κ1) is 15.6. The maximum atomic E-state index is 11.4. The van der Waals surface area contributed by atoms with Gasteiger partial charge < -0.3 is 5.11 Å². The van der Waals surface area contributed by atoms with Gasteiger partial charge in [-0.25, -0.2) is 4.98 Å². The third kappa shape index (κ3) is 2.93. The van der Waals surface area contributed by atoms with Gasteiger partial charge in [0.05, 0.1) is 10.2 Å². The predicted molar refractivity (Wildman–Crippen MR) is 94.0 cm³/mol. The Morgan fingerprint density at radius 2 is 2.14 bits per heavy atom. The molecule has 1 atom stereocenters. The largest absolute Gasteiger partial charge is 0.378 e. The number of fused-ring (bicyclic) bond motifs is 1. The van der Waals surface area contributed by atoms with Crippen molar-refractivity contribution in [1.82, 2.24) is 9.97 Å². The summed E-state index contributed by atoms with van der Waals surface area (Å²) in [6.45, 7) is 4.20. The van der Waals surface area contributed by atoms with Gasteiger partial charge in [0.15, 0.2) is 0 Å². The molecule has 22 heavy (non-hydrogen) atoms. The summed E-state index contributed by atoms with van der Waals surface area (Å²) in [6, 6.07) is 9.74. The molecule has 2 heterocycles. The quantitative estimate of drug-likeness (QED) is 0.715. The van der Waals surface area contributed by atoms with Crippen molar-refractivity contribution in [1.29, 1.82) is 0 Å². The summed E-state index contributed by atoms with van der Waals surface area (Å²) in [7, 11) is 0. The van der Waals surface area contributed by atoms with E-state index in [1.54, 1.807) is 12.4 Å². The van der Waals surface area contributed by atoms with E-state index in [1.807, 2.05) is 30.3 Å². The molecule has 0 aliphatic rings. The van der Waals surface area contributed by atoms with Crippen LogP contribution in [0.2, 0.25) is 0 Å². The van der Waals surface area contributed by atoms with Gasteiger partial charge >= 0.3 is 0 Å². The number of hydrogen-bond acceptors (Lipinski definition) is 4. The highest BCUT2D eigenvalue weighted by atomic mass is 79.9. The number of aliphatic hydroxyl groups is 1. The molecule has 1 unspecified atom stereocenters. The lowest BCUT2D eigenvalue weighted by atomic mass is 9.87. The van der Waals surface area contributed by atoms with Gasteiger partial charge in [0.2, 0.25) is 0 Å². The highest BCUT2D eigenvalue weighted by molar-refractivity contribution is 9.10. The minimum Gasteiger partial charge on any atom is -0.378 e. The van der Waals surface area contributed by atoms with E-state index >= 15 is 0 Å². The molecule has 2 aromatic heterocycles. The third-order valence-electron chi connectivity index (χ3n) is 3.55. The fourth-order valence-corrected chi connectivity index (χ4v) is 4.24. The van der Waals surface area contributed by atoms with Crippen molar-refractivity contribution in [2.75, 3.05) is 0 Å². The third-order valence-corrected chi connectivity index (χ3v) is 5.21. The molecule has 1 N–H and O–H groups in total. The summed E-state index contributed by atoms with van der Waals surface area (Å²) in [4.78, 5) is 8.84. The maximum Gasteiger partial charge on any atom is 0.143 e. The number of benzene rings is 1. The van der Waals surface area contributed by atoms with Crippen LogP contribution in [0.1, 0.15) is 30.8 Å². The molecule has 0 amide bonds. The minimum absolute atomic E-state index is 0.337. The van der Waals surface area contributed by atoms with Crippen LogP contribution in [-0.4, -0.2) is 15.1 Å². The second kappa shape index (κ2) is 6.07. The molecule has 0 spiro atoms. The van der Waals surface area contributed by atoms with Gasteiger partial charge in [-0.05, 0) is 36.6 Å². The number of rotatable bonds is 4. The van der Waals surface area contributed by atoms with Crippen molar-refractivity contribution in [2.45, 2.75) is 25.9 Å². The van der Waals surface area contributed by atoms with E-state index in [4.69, 9.17) is 0 Å². The van der Waals surface area contributed by atoms with Gasteiger partial charge in [-0.1, -0.05) is 35.8 Å². The van der Waals surface area contributed by atoms with E-state index in [-0.39, 0.29) is 0 Å². The molecule has 1 aromatic carbocycles. The average Bonchev–Trinajstić information content (AvgIpc) is 2.91. The zero-order valence-corrected chi connectivity index (χ0v) is 14.9. The summed E-state index contributed by atoms with van der Waals surface area (Å²) < 4.78 is 2.08. The molecule has 0 saturated carbocycles. The standard InChI is InChI=1S/C17H17BrN2OS/c1-11(2)9-17(21,12-4-3-7-19-10-12)16-20-14-6-5-13(18)8-15(14)22-16/h3-8,10-11,21H,9H2,1-2H3. The van der Waals surface area contributed by atoms with Crippen LogP contribution in [0, 0.1) is 5.92 Å². The fourth-order valence-electron chi connectivity index (χ4n) is 2.60. The van der Waals surface area contributed by atoms with Gasteiger partial charge in [0, 0.05) is 22.4 Å². The molecule has 114 valence electrons. The first-order chi connectivity index (χ1) is 10.5. The number of pyridine rings is 1. The van der Waals surface area contributed by atoms with E-state index in [9.17, 15) is 5.11 Å². The monoisotopic (exact) mass is 376 g/mol. The van der Waals surface area contributed by atoms with E-state index in [0.29, 0.717) is 12.3 Å². The highest BCUT2D eigenvalue weighted by Gasteiger charge is 2.36. The van der Waals surface area contributed by atoms with Crippen molar-refractivity contribution in [3.63, 3.8) is 0 Å². The molecular weight excluding hydrogens is 360 g/mol. The van der Waals surface area contributed by atoms with Crippen molar-refractivity contribution in [3.8, 4) is 0 Å². The first-order valence-corrected chi connectivity index (χ1v) is 8.79. The Bertz CT molecular complexity index is 788. The van der Waals surface area contributed by atoms with Crippen LogP contribution >= 0.6 is 27.3 Å². The molecule has 3 aromatic rings. The van der Waals surface area contributed by atoms with Gasteiger partial charge in [-0.3, -0.25) is 4.98 Å². The molecule has 0 aliphatic carbocycles. The summed E-state index contributed by atoms with van der Waals surface area (Å²) in [5.41, 5.74) is 0.606. The lowest BCUT2D eigenvalue weighted by Crippen LogP contribution is -2.29. The number of thiazole rings is 1. The van der Waals surface area contributed by atoms with Crippen molar-refractivity contribution < 1.29 is 5.11 Å². The summed E-state index contributed by atoms with van der Waals surface area (Å²) in [6.07, 6.45) is 4.05. The van der Waals surface area contributed by atoms with E-state index in [1.165, 1.54) is 11.3 Å². The second-order valence-corrected chi connectivity index (χ2v) is 7.78. The fraction of sp³-hybridized carbons (Fsp3) is 0.294. The van der Waals surface area contributed by atoms with Gasteiger partial charge in [-0.2, -0.15) is 0 Å². The van der Waals surface area contributed by atoms with E-state index in [2.05, 4.69) is 39.7 Å². The predicted octanol–water partition coefficient (Wildman–Crippen LogP) is 4.74. The molecule has 0 bridgehead atoms. The highest BCUT2D eigenvalue weighted by Crippen LogP contribution is 2.39. The van der Waals surface area contributed by atoms with Crippen LogP contribution in [0.15, 0.2) is 47.2 Å². The Hall–Kier alpha value is -1.30. The van der Waals surface area contributed by atoms with Crippen LogP contribution in [-0.2, 0) is 5.60 Å². The van der Waals surface area contributed by atoms with Crippen LogP contribution in [0.3, 0.4) is 0 Å². The Morgan fingerprint density at radius 3 is 2.82 bits per heavy atom. The number of nitrogens with zero attached hydrogens (tertiary/aromatic N) is 2. The van der Waals surface area contributed by atoms with Crippen molar-refractivity contribution in [2.24, 2.45) is 5.92 Å². The molecule has 0 fully saturated rings. The molecule has 0 saturated heterocycles. The average molecular weight is 377 g/mol. The summed E-state index contributed by atoms with van der Waals surface area (Å²) >= 11 is 5.02. The molecular formula is C17H17BrN2OS. The number of aromatic nitrogens is 2. The normalized spacial score (nSPS) is 14.4. The molecule has 3 nitrogen and oxygen atoms in total. The van der Waals surface area contributed by atoms with Crippen LogP contribution in [0.4, 0.5) is 0 Å².